The zero-order chi connectivity index (χ0) is 15.4. The van der Waals surface area contributed by atoms with Crippen LogP contribution in [0.15, 0.2) is 27.2 Å². The van der Waals surface area contributed by atoms with Gasteiger partial charge in [0.15, 0.2) is 11.5 Å². The first-order valence-corrected chi connectivity index (χ1v) is 7.04. The number of carbonyl (C=O) groups excluding carboxylic acids is 1. The van der Waals surface area contributed by atoms with Crippen molar-refractivity contribution >= 4 is 21.8 Å². The number of hydrogen-bond acceptors (Lipinski definition) is 3. The summed E-state index contributed by atoms with van der Waals surface area (Å²) in [5.74, 6) is -4.44. The molecule has 1 amide bonds. The van der Waals surface area contributed by atoms with Gasteiger partial charge in [0.25, 0.3) is 11.8 Å². The van der Waals surface area contributed by atoms with Gasteiger partial charge in [0, 0.05) is 15.6 Å². The monoisotopic (exact) mass is 356 g/mol. The summed E-state index contributed by atoms with van der Waals surface area (Å²) in [6.45, 7) is 0.867. The molecule has 2 N–H and O–H groups in total. The molecule has 0 saturated heterocycles. The average molecular weight is 357 g/mol. The van der Waals surface area contributed by atoms with E-state index >= 15 is 0 Å². The summed E-state index contributed by atoms with van der Waals surface area (Å²) in [5.41, 5.74) is 6.48. The molecule has 1 aromatic carbocycles. The number of amides is 1. The third kappa shape index (κ3) is 2.25. The van der Waals surface area contributed by atoms with Gasteiger partial charge in [0.05, 0.1) is 5.92 Å². The molecular weight excluding hydrogens is 346 g/mol. The van der Waals surface area contributed by atoms with Crippen LogP contribution in [-0.4, -0.2) is 17.0 Å². The molecular formula is C14H11BrF2N2O2. The zero-order valence-electron chi connectivity index (χ0n) is 11.0. The number of fused-ring (bicyclic) bond motifs is 3. The lowest BCUT2D eigenvalue weighted by atomic mass is 9.78. The van der Waals surface area contributed by atoms with E-state index in [2.05, 4.69) is 21.1 Å². The van der Waals surface area contributed by atoms with Crippen molar-refractivity contribution < 1.29 is 18.1 Å². The number of hydrogen-bond donors (Lipinski definition) is 1. The summed E-state index contributed by atoms with van der Waals surface area (Å²) < 4.78 is 33.8. The lowest BCUT2D eigenvalue weighted by molar-refractivity contribution is -0.00848. The number of carbonyl (C=O) groups is 1. The SMILES string of the molecule is CC(F)(F)C1Cc2c(C(N)=O)noc2-c2cc(Br)ccc21. The second-order valence-electron chi connectivity index (χ2n) is 5.15. The molecule has 1 unspecified atom stereocenters. The topological polar surface area (TPSA) is 69.1 Å². The molecule has 0 aliphatic heterocycles. The fourth-order valence-electron chi connectivity index (χ4n) is 2.70. The summed E-state index contributed by atoms with van der Waals surface area (Å²) in [7, 11) is 0. The van der Waals surface area contributed by atoms with Gasteiger partial charge in [-0.1, -0.05) is 27.2 Å². The van der Waals surface area contributed by atoms with Crippen molar-refractivity contribution in [3.63, 3.8) is 0 Å². The average Bonchev–Trinajstić information content (AvgIpc) is 2.80. The van der Waals surface area contributed by atoms with Crippen LogP contribution in [0.2, 0.25) is 0 Å². The Balaban J connectivity index is 2.27. The number of nitrogens with two attached hydrogens (primary N) is 1. The minimum atomic E-state index is -2.94. The third-order valence-corrected chi connectivity index (χ3v) is 4.17. The standard InChI is InChI=1S/C14H11BrF2N2O2/c1-14(16,17)10-5-9-11(13(18)20)19-21-12(9)8-4-6(15)2-3-7(8)10/h2-4,10H,5H2,1H3,(H2,18,20). The van der Waals surface area contributed by atoms with Crippen LogP contribution in [-0.2, 0) is 6.42 Å². The van der Waals surface area contributed by atoms with Gasteiger partial charge in [0.1, 0.15) is 0 Å². The van der Waals surface area contributed by atoms with Crippen LogP contribution in [0, 0.1) is 0 Å². The summed E-state index contributed by atoms with van der Waals surface area (Å²) in [4.78, 5) is 11.4. The molecule has 1 heterocycles. The Morgan fingerprint density at radius 2 is 2.24 bits per heavy atom. The summed E-state index contributed by atoms with van der Waals surface area (Å²) in [6.07, 6.45) is -0.0325. The quantitative estimate of drug-likeness (QED) is 0.895. The fraction of sp³-hybridized carbons (Fsp3) is 0.286. The van der Waals surface area contributed by atoms with E-state index in [-0.39, 0.29) is 12.1 Å². The van der Waals surface area contributed by atoms with Gasteiger partial charge in [-0.2, -0.15) is 0 Å². The van der Waals surface area contributed by atoms with Gasteiger partial charge in [-0.25, -0.2) is 8.78 Å². The third-order valence-electron chi connectivity index (χ3n) is 3.68. The molecule has 110 valence electrons. The number of nitrogens with zero attached hydrogens (tertiary/aromatic N) is 1. The van der Waals surface area contributed by atoms with Crippen LogP contribution < -0.4 is 5.73 Å². The molecule has 0 fully saturated rings. The molecule has 21 heavy (non-hydrogen) atoms. The van der Waals surface area contributed by atoms with E-state index in [0.717, 1.165) is 11.4 Å². The smallest absolute Gasteiger partial charge is 0.271 e. The van der Waals surface area contributed by atoms with Crippen molar-refractivity contribution in [2.75, 3.05) is 0 Å². The second-order valence-corrected chi connectivity index (χ2v) is 6.06. The van der Waals surface area contributed by atoms with Crippen LogP contribution in [0.5, 0.6) is 0 Å². The molecule has 0 bridgehead atoms. The number of aromatic nitrogens is 1. The highest BCUT2D eigenvalue weighted by atomic mass is 79.9. The first-order valence-electron chi connectivity index (χ1n) is 6.25. The lowest BCUT2D eigenvalue weighted by Gasteiger charge is -2.29. The molecule has 4 nitrogen and oxygen atoms in total. The van der Waals surface area contributed by atoms with Gasteiger partial charge >= 0.3 is 0 Å². The maximum Gasteiger partial charge on any atom is 0.271 e. The lowest BCUT2D eigenvalue weighted by Crippen LogP contribution is -2.28. The van der Waals surface area contributed by atoms with Gasteiger partial charge in [-0.3, -0.25) is 4.79 Å². The molecule has 1 aromatic heterocycles. The molecule has 2 aromatic rings. The maximum atomic E-state index is 13.9. The Morgan fingerprint density at radius 3 is 2.86 bits per heavy atom. The molecule has 1 aliphatic rings. The summed E-state index contributed by atoms with van der Waals surface area (Å²) >= 11 is 3.31. The minimum absolute atomic E-state index is 0.0325. The normalized spacial score (nSPS) is 17.2. The molecule has 0 saturated carbocycles. The Bertz CT molecular complexity index is 737. The van der Waals surface area contributed by atoms with Crippen molar-refractivity contribution in [2.45, 2.75) is 25.2 Å². The van der Waals surface area contributed by atoms with E-state index < -0.39 is 17.7 Å². The van der Waals surface area contributed by atoms with E-state index in [0.29, 0.717) is 22.5 Å². The molecule has 1 atom stereocenters. The number of rotatable bonds is 2. The Labute approximate surface area is 127 Å². The number of primary amides is 1. The Hall–Kier alpha value is -1.76. The zero-order valence-corrected chi connectivity index (χ0v) is 12.6. The van der Waals surface area contributed by atoms with Crippen LogP contribution in [0.25, 0.3) is 11.3 Å². The van der Waals surface area contributed by atoms with E-state index in [1.54, 1.807) is 18.2 Å². The summed E-state index contributed by atoms with van der Waals surface area (Å²) in [6, 6.07) is 5.02. The van der Waals surface area contributed by atoms with Gasteiger partial charge < -0.3 is 10.3 Å². The molecule has 0 radical (unpaired) electrons. The molecule has 1 aliphatic carbocycles. The molecule has 3 rings (SSSR count). The first-order chi connectivity index (χ1) is 9.79. The number of benzene rings is 1. The predicted octanol–water partition coefficient (Wildman–Crippen LogP) is 3.50. The molecule has 0 spiro atoms. The number of halogens is 3. The van der Waals surface area contributed by atoms with E-state index in [4.69, 9.17) is 10.3 Å². The minimum Gasteiger partial charge on any atom is -0.364 e. The van der Waals surface area contributed by atoms with E-state index in [1.165, 1.54) is 0 Å². The van der Waals surface area contributed by atoms with Crippen LogP contribution >= 0.6 is 15.9 Å². The highest BCUT2D eigenvalue weighted by Gasteiger charge is 2.42. The van der Waals surface area contributed by atoms with E-state index in [1.807, 2.05) is 0 Å². The van der Waals surface area contributed by atoms with Gasteiger partial charge in [0.2, 0.25) is 0 Å². The van der Waals surface area contributed by atoms with Crippen molar-refractivity contribution in [3.05, 3.63) is 39.5 Å². The van der Waals surface area contributed by atoms with Crippen LogP contribution in [0.1, 0.15) is 34.5 Å². The van der Waals surface area contributed by atoms with Crippen LogP contribution in [0.3, 0.4) is 0 Å². The van der Waals surface area contributed by atoms with Crippen molar-refractivity contribution in [1.82, 2.24) is 5.16 Å². The highest BCUT2D eigenvalue weighted by molar-refractivity contribution is 9.10. The van der Waals surface area contributed by atoms with Crippen molar-refractivity contribution in [2.24, 2.45) is 5.73 Å². The van der Waals surface area contributed by atoms with E-state index in [9.17, 15) is 13.6 Å². The Morgan fingerprint density at radius 1 is 1.52 bits per heavy atom. The summed E-state index contributed by atoms with van der Waals surface area (Å²) in [5, 5.41) is 3.63. The Kier molecular flexibility index (Phi) is 3.12. The predicted molar refractivity (Wildman–Crippen MR) is 75.2 cm³/mol. The largest absolute Gasteiger partial charge is 0.364 e. The molecule has 7 heteroatoms. The first kappa shape index (κ1) is 14.2. The number of alkyl halides is 2. The van der Waals surface area contributed by atoms with Crippen molar-refractivity contribution in [1.29, 1.82) is 0 Å². The van der Waals surface area contributed by atoms with Gasteiger partial charge in [-0.05, 0) is 31.0 Å². The second kappa shape index (κ2) is 4.62. The maximum absolute atomic E-state index is 13.9. The van der Waals surface area contributed by atoms with Gasteiger partial charge in [-0.15, -0.1) is 0 Å². The van der Waals surface area contributed by atoms with Crippen LogP contribution in [0.4, 0.5) is 8.78 Å². The fourth-order valence-corrected chi connectivity index (χ4v) is 3.06. The highest BCUT2D eigenvalue weighted by Crippen LogP contribution is 2.47. The van der Waals surface area contributed by atoms with Crippen molar-refractivity contribution in [3.8, 4) is 11.3 Å².